The number of methoxy groups -OCH3 is 2. The van der Waals surface area contributed by atoms with Gasteiger partial charge in [0.25, 0.3) is 15.6 Å². The van der Waals surface area contributed by atoms with E-state index in [1.807, 2.05) is 0 Å². The van der Waals surface area contributed by atoms with E-state index in [-0.39, 0.29) is 42.0 Å². The van der Waals surface area contributed by atoms with Gasteiger partial charge in [0.1, 0.15) is 18.8 Å². The number of benzene rings is 1. The van der Waals surface area contributed by atoms with E-state index in [2.05, 4.69) is 15.2 Å². The number of hydrogen-bond donors (Lipinski definition) is 5. The van der Waals surface area contributed by atoms with Crippen molar-refractivity contribution in [2.45, 2.75) is 24.5 Å². The number of carbonyl (C=O) groups excluding carboxylic acids is 1. The third kappa shape index (κ3) is 10.2. The number of pyridine rings is 1. The number of hydrogen-bond acceptors (Lipinski definition) is 9. The Morgan fingerprint density at radius 3 is 2.23 bits per heavy atom. The van der Waals surface area contributed by atoms with Crippen LogP contribution in [0.25, 0.3) is 0 Å². The fraction of sp³-hybridized carbons (Fsp3) is 0.333. The molecular weight excluding hydrogens is 569 g/mol. The number of oxime groups is 1. The van der Waals surface area contributed by atoms with Gasteiger partial charge in [-0.05, 0) is 36.3 Å². The molecule has 0 atom stereocenters. The van der Waals surface area contributed by atoms with E-state index >= 15 is 0 Å². The smallest absolute Gasteiger partial charge is 0.490 e. The molecule has 2 rings (SSSR count). The first-order valence-corrected chi connectivity index (χ1v) is 12.2. The zero-order valence-corrected chi connectivity index (χ0v) is 22.1. The van der Waals surface area contributed by atoms with Gasteiger partial charge >= 0.3 is 12.1 Å². The molecule has 0 bridgehead atoms. The molecule has 2 aromatic rings. The molecule has 1 heterocycles. The lowest BCUT2D eigenvalue weighted by Gasteiger charge is -2.14. The second kappa shape index (κ2) is 14.5. The molecule has 40 heavy (non-hydrogen) atoms. The molecule has 0 aliphatic rings. The first-order chi connectivity index (χ1) is 18.5. The third-order valence-electron chi connectivity index (χ3n) is 4.53. The third-order valence-corrected chi connectivity index (χ3v) is 5.90. The van der Waals surface area contributed by atoms with Gasteiger partial charge in [-0.2, -0.15) is 13.2 Å². The Hall–Kier alpha value is -4.68. The minimum absolute atomic E-state index is 0.0166. The summed E-state index contributed by atoms with van der Waals surface area (Å²) in [6.07, 6.45) is -5.08. The molecule has 222 valence electrons. The summed E-state index contributed by atoms with van der Waals surface area (Å²) in [5.74, 6) is -2.94. The van der Waals surface area contributed by atoms with Crippen LogP contribution in [0.2, 0.25) is 0 Å². The number of amides is 1. The fourth-order valence-corrected chi connectivity index (χ4v) is 3.76. The average Bonchev–Trinajstić information content (AvgIpc) is 2.87. The van der Waals surface area contributed by atoms with E-state index in [1.165, 1.54) is 44.6 Å². The van der Waals surface area contributed by atoms with E-state index in [4.69, 9.17) is 35.7 Å². The summed E-state index contributed by atoms with van der Waals surface area (Å²) in [7, 11) is -1.33. The molecule has 19 heteroatoms. The SMILES string of the molecule is COc1ccc(S(=O)(=O)Nc2ccc(C)n(CC(=O)NCCON=C(N)N)c2=O)cc1OC.O=C(O)C(F)(F)F. The number of guanidine groups is 1. The maximum atomic E-state index is 12.9. The average molecular weight is 597 g/mol. The van der Waals surface area contributed by atoms with E-state index in [0.717, 1.165) is 4.57 Å². The van der Waals surface area contributed by atoms with Crippen LogP contribution in [0.3, 0.4) is 0 Å². The number of halogens is 3. The van der Waals surface area contributed by atoms with Crippen LogP contribution in [0.5, 0.6) is 11.5 Å². The summed E-state index contributed by atoms with van der Waals surface area (Å²) in [5.41, 5.74) is 9.77. The number of rotatable bonds is 11. The van der Waals surface area contributed by atoms with Gasteiger partial charge in [-0.25, -0.2) is 13.2 Å². The largest absolute Gasteiger partial charge is 0.493 e. The van der Waals surface area contributed by atoms with Crippen LogP contribution in [-0.2, 0) is 31.0 Å². The minimum atomic E-state index is -5.08. The number of aromatic nitrogens is 1. The van der Waals surface area contributed by atoms with Gasteiger partial charge < -0.3 is 40.8 Å². The number of nitrogens with zero attached hydrogens (tertiary/aromatic N) is 2. The normalized spacial score (nSPS) is 10.8. The number of nitrogens with one attached hydrogen (secondary N) is 2. The molecule has 0 fully saturated rings. The molecule has 7 N–H and O–H groups in total. The van der Waals surface area contributed by atoms with Gasteiger partial charge in [0.2, 0.25) is 11.9 Å². The number of carboxylic acids is 1. The molecule has 0 saturated carbocycles. The summed E-state index contributed by atoms with van der Waals surface area (Å²) in [6, 6.07) is 6.86. The van der Waals surface area contributed by atoms with Gasteiger partial charge in [-0.1, -0.05) is 0 Å². The fourth-order valence-electron chi connectivity index (χ4n) is 2.69. The van der Waals surface area contributed by atoms with Gasteiger partial charge in [-0.15, -0.1) is 0 Å². The van der Waals surface area contributed by atoms with Crippen molar-refractivity contribution in [3.63, 3.8) is 0 Å². The van der Waals surface area contributed by atoms with Crippen LogP contribution in [0.4, 0.5) is 18.9 Å². The predicted octanol–water partition coefficient (Wildman–Crippen LogP) is -0.0708. The Balaban J connectivity index is 0.00000101. The van der Waals surface area contributed by atoms with Crippen molar-refractivity contribution in [1.29, 1.82) is 0 Å². The topological polar surface area (TPSA) is 227 Å². The highest BCUT2D eigenvalue weighted by molar-refractivity contribution is 7.92. The number of nitrogens with two attached hydrogens (primary N) is 2. The van der Waals surface area contributed by atoms with Crippen LogP contribution < -0.4 is 36.5 Å². The molecule has 1 aromatic carbocycles. The van der Waals surface area contributed by atoms with Crippen molar-refractivity contribution in [2.75, 3.05) is 32.1 Å². The van der Waals surface area contributed by atoms with Crippen molar-refractivity contribution < 1.29 is 50.6 Å². The second-order valence-electron chi connectivity index (χ2n) is 7.40. The summed E-state index contributed by atoms with van der Waals surface area (Å²) in [6.45, 7) is 1.39. The van der Waals surface area contributed by atoms with Crippen molar-refractivity contribution >= 4 is 33.5 Å². The lowest BCUT2D eigenvalue weighted by Crippen LogP contribution is -2.36. The standard InChI is InChI=1S/C19H26N6O7S.C2HF3O2/c1-12-4-6-14(18(27)25(12)11-17(26)22-8-9-32-23-19(20)21)24-33(28,29)13-5-7-15(30-2)16(10-13)31-3;3-2(4,5)1(6)7/h4-7,10,24H,8-9,11H2,1-3H3,(H,22,26)(H4,20,21,23);(H,6,7). The van der Waals surface area contributed by atoms with E-state index in [0.29, 0.717) is 11.4 Å². The maximum Gasteiger partial charge on any atom is 0.490 e. The second-order valence-corrected chi connectivity index (χ2v) is 9.09. The minimum Gasteiger partial charge on any atom is -0.493 e. The summed E-state index contributed by atoms with van der Waals surface area (Å²) in [5, 5.41) is 13.0. The predicted molar refractivity (Wildman–Crippen MR) is 134 cm³/mol. The number of alkyl halides is 3. The molecular formula is C21H27F3N6O9S. The van der Waals surface area contributed by atoms with Crippen LogP contribution in [0.15, 0.2) is 45.2 Å². The highest BCUT2D eigenvalue weighted by Gasteiger charge is 2.38. The Kier molecular flexibility index (Phi) is 12.1. The lowest BCUT2D eigenvalue weighted by molar-refractivity contribution is -0.192. The zero-order chi connectivity index (χ0) is 30.7. The Morgan fingerprint density at radius 2 is 1.70 bits per heavy atom. The van der Waals surface area contributed by atoms with Crippen molar-refractivity contribution in [3.05, 3.63) is 46.4 Å². The van der Waals surface area contributed by atoms with E-state index < -0.39 is 33.6 Å². The molecule has 1 aromatic heterocycles. The zero-order valence-electron chi connectivity index (χ0n) is 21.3. The molecule has 0 aliphatic heterocycles. The van der Waals surface area contributed by atoms with Gasteiger partial charge in [0.05, 0.1) is 25.7 Å². The maximum absolute atomic E-state index is 12.9. The summed E-state index contributed by atoms with van der Waals surface area (Å²) >= 11 is 0. The van der Waals surface area contributed by atoms with Gasteiger partial charge in [0.15, 0.2) is 11.5 Å². The lowest BCUT2D eigenvalue weighted by atomic mass is 10.3. The number of ether oxygens (including phenoxy) is 2. The monoisotopic (exact) mass is 596 g/mol. The molecule has 0 spiro atoms. The number of aliphatic carboxylic acids is 1. The first kappa shape index (κ1) is 33.3. The molecule has 0 radical (unpaired) electrons. The number of aryl methyl sites for hydroxylation is 1. The van der Waals surface area contributed by atoms with E-state index in [1.54, 1.807) is 6.92 Å². The number of sulfonamides is 1. The van der Waals surface area contributed by atoms with Crippen molar-refractivity contribution in [2.24, 2.45) is 16.6 Å². The van der Waals surface area contributed by atoms with Crippen molar-refractivity contribution in [1.82, 2.24) is 9.88 Å². The Morgan fingerprint density at radius 1 is 1.10 bits per heavy atom. The first-order valence-electron chi connectivity index (χ1n) is 10.8. The quantitative estimate of drug-likeness (QED) is 0.0998. The Bertz CT molecular complexity index is 1390. The number of carboxylic acid groups (broad SMARTS) is 1. The van der Waals surface area contributed by atoms with Crippen molar-refractivity contribution in [3.8, 4) is 11.5 Å². The van der Waals surface area contributed by atoms with Gasteiger partial charge in [0, 0.05) is 11.8 Å². The van der Waals surface area contributed by atoms with E-state index in [9.17, 15) is 31.2 Å². The molecule has 1 amide bonds. The summed E-state index contributed by atoms with van der Waals surface area (Å²) < 4.78 is 71.0. The van der Waals surface area contributed by atoms with Gasteiger partial charge in [-0.3, -0.25) is 14.3 Å². The summed E-state index contributed by atoms with van der Waals surface area (Å²) in [4.78, 5) is 38.6. The molecule has 0 aliphatic carbocycles. The van der Waals surface area contributed by atoms with Crippen LogP contribution in [0, 0.1) is 6.92 Å². The molecule has 0 saturated heterocycles. The molecule has 15 nitrogen and oxygen atoms in total. The number of anilines is 1. The highest BCUT2D eigenvalue weighted by Crippen LogP contribution is 2.29. The molecule has 0 unspecified atom stereocenters. The Labute approximate surface area is 225 Å². The van der Waals surface area contributed by atoms with Crippen LogP contribution in [-0.4, -0.2) is 69.5 Å². The highest BCUT2D eigenvalue weighted by atomic mass is 32.2. The van der Waals surface area contributed by atoms with Crippen LogP contribution >= 0.6 is 0 Å². The van der Waals surface area contributed by atoms with Crippen LogP contribution in [0.1, 0.15) is 5.69 Å². The number of carbonyl (C=O) groups is 2.